The molecule has 0 saturated carbocycles. The molecule has 0 amide bonds. The largest absolute Gasteiger partial charge is 0.480 e. The van der Waals surface area contributed by atoms with Gasteiger partial charge >= 0.3 is 11.9 Å². The van der Waals surface area contributed by atoms with Crippen molar-refractivity contribution in [1.29, 1.82) is 0 Å². The predicted octanol–water partition coefficient (Wildman–Crippen LogP) is 2.70. The van der Waals surface area contributed by atoms with Gasteiger partial charge in [0.15, 0.2) is 0 Å². The van der Waals surface area contributed by atoms with Crippen LogP contribution >= 0.6 is 12.2 Å². The summed E-state index contributed by atoms with van der Waals surface area (Å²) in [7, 11) is 0. The van der Waals surface area contributed by atoms with Crippen LogP contribution in [0.2, 0.25) is 0 Å². The molecule has 0 aromatic heterocycles. The summed E-state index contributed by atoms with van der Waals surface area (Å²) in [4.78, 5) is 29.0. The maximum Gasteiger partial charge on any atom is 0.317 e. The first-order valence-corrected chi connectivity index (χ1v) is 11.6. The van der Waals surface area contributed by atoms with Crippen LogP contribution in [0.25, 0.3) is 0 Å². The molecule has 0 bridgehead atoms. The zero-order valence-electron chi connectivity index (χ0n) is 19.7. The van der Waals surface area contributed by atoms with Crippen LogP contribution in [0.15, 0.2) is 24.3 Å². The fraction of sp³-hybridized carbons (Fsp3) is 0.609. The van der Waals surface area contributed by atoms with Gasteiger partial charge in [-0.2, -0.15) is 0 Å². The number of nitrogens with zero attached hydrogens (tertiary/aromatic N) is 3. The molecule has 180 valence electrons. The lowest BCUT2D eigenvalue weighted by atomic mass is 10.1. The molecule has 32 heavy (non-hydrogen) atoms. The number of hydrogen-bond donors (Lipinski definition) is 3. The molecule has 1 rings (SSSR count). The van der Waals surface area contributed by atoms with Crippen LogP contribution in [-0.4, -0.2) is 94.2 Å². The third-order valence-electron chi connectivity index (χ3n) is 5.23. The number of anilines is 1. The molecule has 0 aliphatic rings. The molecule has 0 spiro atoms. The van der Waals surface area contributed by atoms with E-state index in [9.17, 15) is 14.7 Å². The minimum atomic E-state index is -0.878. The first kappa shape index (κ1) is 28.0. The molecule has 0 fully saturated rings. The average Bonchev–Trinajstić information content (AvgIpc) is 2.73. The van der Waals surface area contributed by atoms with Gasteiger partial charge < -0.3 is 15.5 Å². The molecule has 9 heteroatoms. The fourth-order valence-electron chi connectivity index (χ4n) is 3.15. The maximum absolute atomic E-state index is 11.3. The lowest BCUT2D eigenvalue weighted by molar-refractivity contribution is -0.140. The van der Waals surface area contributed by atoms with Gasteiger partial charge in [-0.3, -0.25) is 24.3 Å². The van der Waals surface area contributed by atoms with Crippen LogP contribution in [0.3, 0.4) is 0 Å². The van der Waals surface area contributed by atoms with Crippen molar-refractivity contribution in [3.05, 3.63) is 29.8 Å². The van der Waals surface area contributed by atoms with Gasteiger partial charge in [-0.05, 0) is 30.8 Å². The quantitative estimate of drug-likeness (QED) is 0.318. The van der Waals surface area contributed by atoms with E-state index in [1.807, 2.05) is 24.0 Å². The Morgan fingerprint density at radius 1 is 0.875 bits per heavy atom. The van der Waals surface area contributed by atoms with Crippen LogP contribution in [0.4, 0.5) is 5.69 Å². The molecule has 1 aromatic carbocycles. The molecule has 0 unspecified atom stereocenters. The van der Waals surface area contributed by atoms with Gasteiger partial charge in [0, 0.05) is 44.3 Å². The number of benzene rings is 1. The van der Waals surface area contributed by atoms with Crippen molar-refractivity contribution < 1.29 is 19.8 Å². The molecular formula is C23H38N4O4S. The number of likely N-dealkylation sites (N-methyl/N-ethyl adjacent to an activating group) is 2. The number of aliphatic carboxylic acids is 2. The molecule has 0 saturated heterocycles. The van der Waals surface area contributed by atoms with Crippen molar-refractivity contribution in [2.45, 2.75) is 34.2 Å². The number of thiocarbonyl (C=S) groups is 1. The van der Waals surface area contributed by atoms with Crippen LogP contribution in [0.1, 0.15) is 33.3 Å². The Bertz CT molecular complexity index is 727. The fourth-order valence-corrected chi connectivity index (χ4v) is 3.27. The number of carboxylic acid groups (broad SMARTS) is 2. The molecular weight excluding hydrogens is 428 g/mol. The zero-order valence-corrected chi connectivity index (χ0v) is 20.5. The number of carbonyl (C=O) groups is 2. The number of nitrogens with one attached hydrogen (secondary N) is 1. The highest BCUT2D eigenvalue weighted by Crippen LogP contribution is 2.13. The van der Waals surface area contributed by atoms with Crippen LogP contribution < -0.4 is 5.32 Å². The van der Waals surface area contributed by atoms with Crippen LogP contribution in [0, 0.1) is 5.92 Å². The van der Waals surface area contributed by atoms with Crippen molar-refractivity contribution in [2.75, 3.05) is 57.7 Å². The number of hydrogen-bond acceptors (Lipinski definition) is 6. The zero-order chi connectivity index (χ0) is 24.1. The molecule has 0 aliphatic heterocycles. The van der Waals surface area contributed by atoms with Crippen molar-refractivity contribution in [1.82, 2.24) is 14.7 Å². The summed E-state index contributed by atoms with van der Waals surface area (Å²) in [5, 5.41) is 21.5. The predicted molar refractivity (Wildman–Crippen MR) is 132 cm³/mol. The third kappa shape index (κ3) is 11.5. The summed E-state index contributed by atoms with van der Waals surface area (Å²) in [6, 6.07) is 8.20. The highest BCUT2D eigenvalue weighted by molar-refractivity contribution is 7.80. The Morgan fingerprint density at radius 2 is 1.34 bits per heavy atom. The van der Waals surface area contributed by atoms with Gasteiger partial charge in [0.05, 0.1) is 18.1 Å². The van der Waals surface area contributed by atoms with E-state index in [4.69, 9.17) is 17.3 Å². The van der Waals surface area contributed by atoms with E-state index >= 15 is 0 Å². The third-order valence-corrected chi connectivity index (χ3v) is 5.80. The van der Waals surface area contributed by atoms with E-state index < -0.39 is 11.9 Å². The van der Waals surface area contributed by atoms with E-state index in [-0.39, 0.29) is 13.1 Å². The van der Waals surface area contributed by atoms with Crippen molar-refractivity contribution in [3.8, 4) is 0 Å². The lowest BCUT2D eigenvalue weighted by Gasteiger charge is -2.28. The van der Waals surface area contributed by atoms with Crippen molar-refractivity contribution in [2.24, 2.45) is 5.92 Å². The smallest absolute Gasteiger partial charge is 0.317 e. The molecule has 8 nitrogen and oxygen atoms in total. The van der Waals surface area contributed by atoms with Gasteiger partial charge in [0.25, 0.3) is 0 Å². The second kappa shape index (κ2) is 14.9. The van der Waals surface area contributed by atoms with E-state index in [1.165, 1.54) is 5.56 Å². The molecule has 0 atom stereocenters. The van der Waals surface area contributed by atoms with E-state index in [0.717, 1.165) is 30.3 Å². The second-order valence-corrected chi connectivity index (χ2v) is 8.58. The Hall–Kier alpha value is -2.07. The Balaban J connectivity index is 2.62. The Morgan fingerprint density at radius 3 is 1.81 bits per heavy atom. The Kier molecular flexibility index (Phi) is 13.0. The lowest BCUT2D eigenvalue weighted by Crippen LogP contribution is -2.42. The molecule has 0 heterocycles. The first-order chi connectivity index (χ1) is 15.1. The average molecular weight is 467 g/mol. The molecule has 1 aromatic rings. The standard InChI is InChI=1S/C23H38N4O4S/c1-5-25(15-19-7-9-20(10-8-19)24-23(32)18(3)4)11-13-27(17-22(30)31)14-12-26(6-2)16-21(28)29/h7-10,18H,5-6,11-17H2,1-4H3,(H,24,32)(H,28,29)(H,30,31). The molecule has 0 radical (unpaired) electrons. The highest BCUT2D eigenvalue weighted by Gasteiger charge is 2.15. The van der Waals surface area contributed by atoms with Gasteiger partial charge in [-0.1, -0.05) is 52.0 Å². The van der Waals surface area contributed by atoms with Crippen molar-refractivity contribution >= 4 is 34.8 Å². The molecule has 3 N–H and O–H groups in total. The minimum absolute atomic E-state index is 0.0365. The normalized spacial score (nSPS) is 11.5. The van der Waals surface area contributed by atoms with Gasteiger partial charge in [0.2, 0.25) is 0 Å². The molecule has 0 aliphatic carbocycles. The van der Waals surface area contributed by atoms with Crippen LogP contribution in [-0.2, 0) is 16.1 Å². The maximum atomic E-state index is 11.3. The summed E-state index contributed by atoms with van der Waals surface area (Å²) in [6.07, 6.45) is 0. The minimum Gasteiger partial charge on any atom is -0.480 e. The summed E-state index contributed by atoms with van der Waals surface area (Å²) in [5.74, 6) is -1.46. The van der Waals surface area contributed by atoms with Gasteiger partial charge in [-0.15, -0.1) is 0 Å². The summed E-state index contributed by atoms with van der Waals surface area (Å²) in [5.41, 5.74) is 2.15. The summed E-state index contributed by atoms with van der Waals surface area (Å²) in [6.45, 7) is 12.6. The Labute approximate surface area is 197 Å². The topological polar surface area (TPSA) is 96.4 Å². The number of rotatable bonds is 16. The second-order valence-electron chi connectivity index (χ2n) is 8.14. The van der Waals surface area contributed by atoms with E-state index in [0.29, 0.717) is 32.1 Å². The highest BCUT2D eigenvalue weighted by atomic mass is 32.1. The van der Waals surface area contributed by atoms with E-state index in [1.54, 1.807) is 4.90 Å². The van der Waals surface area contributed by atoms with Crippen molar-refractivity contribution in [3.63, 3.8) is 0 Å². The number of carboxylic acids is 2. The monoisotopic (exact) mass is 466 g/mol. The SMILES string of the molecule is CCN(CCN(CCN(CC)Cc1ccc(NC(=S)C(C)C)cc1)CC(=O)O)CC(=O)O. The summed E-state index contributed by atoms with van der Waals surface area (Å²) >= 11 is 5.34. The van der Waals surface area contributed by atoms with Gasteiger partial charge in [0.1, 0.15) is 0 Å². The van der Waals surface area contributed by atoms with Gasteiger partial charge in [-0.25, -0.2) is 0 Å². The van der Waals surface area contributed by atoms with Crippen LogP contribution in [0.5, 0.6) is 0 Å². The first-order valence-electron chi connectivity index (χ1n) is 11.1. The summed E-state index contributed by atoms with van der Waals surface area (Å²) < 4.78 is 0. The van der Waals surface area contributed by atoms with E-state index in [2.05, 4.69) is 43.1 Å².